The van der Waals surface area contributed by atoms with Gasteiger partial charge in [-0.25, -0.2) is 0 Å². The van der Waals surface area contributed by atoms with E-state index in [9.17, 15) is 9.59 Å². The van der Waals surface area contributed by atoms with Crippen LogP contribution in [0.25, 0.3) is 0 Å². The summed E-state index contributed by atoms with van der Waals surface area (Å²) in [5, 5.41) is 16.1. The molecule has 0 aliphatic heterocycles. The SMILES string of the molecule is CSC.CSC.O=C(O)C1CC1.O=C(O)C1CC1.[Ag].[Au].[Cl][Ag].[Cl][Au]. The first-order valence-electron chi connectivity index (χ1n) is 5.93. The molecule has 0 spiro atoms. The van der Waals surface area contributed by atoms with Crippen LogP contribution in [0, 0.1) is 11.8 Å². The van der Waals surface area contributed by atoms with Crippen molar-refractivity contribution in [3.8, 4) is 0 Å². The van der Waals surface area contributed by atoms with Gasteiger partial charge in [0.05, 0.1) is 11.8 Å². The van der Waals surface area contributed by atoms with E-state index in [-0.39, 0.29) is 56.6 Å². The maximum atomic E-state index is 9.76. The molecule has 2 aliphatic carbocycles. The molecule has 2 aliphatic rings. The minimum atomic E-state index is -0.630. The first-order valence-corrected chi connectivity index (χ1v) is 13.8. The summed E-state index contributed by atoms with van der Waals surface area (Å²) in [6.07, 6.45) is 11.8. The summed E-state index contributed by atoms with van der Waals surface area (Å²) >= 11 is 7.67. The fraction of sp³-hybridized carbons (Fsp3) is 0.833. The van der Waals surface area contributed by atoms with Crippen molar-refractivity contribution in [3.05, 3.63) is 0 Å². The molecule has 166 valence electrons. The van der Waals surface area contributed by atoms with Gasteiger partial charge < -0.3 is 10.2 Å². The van der Waals surface area contributed by atoms with Crippen molar-refractivity contribution in [1.82, 2.24) is 0 Å². The Morgan fingerprint density at radius 1 is 0.875 bits per heavy atom. The molecule has 2 radical (unpaired) electrons. The molecule has 2 N–H and O–H groups in total. The monoisotopic (exact) mass is 974 g/mol. The summed E-state index contributed by atoms with van der Waals surface area (Å²) in [7, 11) is 9.03. The summed E-state index contributed by atoms with van der Waals surface area (Å²) in [6.45, 7) is 0. The van der Waals surface area contributed by atoms with Crippen molar-refractivity contribution in [2.45, 2.75) is 25.7 Å². The molecule has 12 heteroatoms. The second-order valence-electron chi connectivity index (χ2n) is 4.04. The zero-order valence-corrected chi connectivity index (χ0v) is 23.9. The molecule has 0 unspecified atom stereocenters. The number of carboxylic acids is 2. The molecule has 0 bridgehead atoms. The van der Waals surface area contributed by atoms with Crippen molar-refractivity contribution < 1.29 is 105 Å². The van der Waals surface area contributed by atoms with Crippen LogP contribution in [0.3, 0.4) is 0 Å². The first-order chi connectivity index (χ1) is 10.4. The summed E-state index contributed by atoms with van der Waals surface area (Å²) < 4.78 is 0. The predicted octanol–water partition coefficient (Wildman–Crippen LogP) is 4.29. The number of halogens is 2. The zero-order valence-electron chi connectivity index (χ0n) is 13.5. The predicted molar refractivity (Wildman–Crippen MR) is 91.3 cm³/mol. The molecule has 24 heavy (non-hydrogen) atoms. The molecule has 0 saturated heterocycles. The van der Waals surface area contributed by atoms with Gasteiger partial charge in [0.2, 0.25) is 0 Å². The molecule has 2 saturated carbocycles. The maximum absolute atomic E-state index is 9.76. The van der Waals surface area contributed by atoms with Crippen molar-refractivity contribution in [2.75, 3.05) is 25.0 Å². The third kappa shape index (κ3) is 49.9. The van der Waals surface area contributed by atoms with E-state index in [1.807, 2.05) is 25.0 Å². The van der Waals surface area contributed by atoms with Crippen LogP contribution in [-0.2, 0) is 94.3 Å². The number of aliphatic carboxylic acids is 2. The summed E-state index contributed by atoms with van der Waals surface area (Å²) in [5.41, 5.74) is 0. The van der Waals surface area contributed by atoms with Crippen LogP contribution in [0.1, 0.15) is 25.7 Å². The van der Waals surface area contributed by atoms with Crippen molar-refractivity contribution >= 4 is 53.8 Å². The van der Waals surface area contributed by atoms with Gasteiger partial charge in [-0.2, -0.15) is 23.5 Å². The van der Waals surface area contributed by atoms with E-state index in [1.54, 1.807) is 43.5 Å². The van der Waals surface area contributed by atoms with E-state index >= 15 is 0 Å². The van der Waals surface area contributed by atoms with Crippen LogP contribution >= 0.6 is 41.9 Å². The van der Waals surface area contributed by atoms with Gasteiger partial charge in [0.1, 0.15) is 0 Å². The number of hydrogen-bond donors (Lipinski definition) is 2. The van der Waals surface area contributed by atoms with E-state index in [1.165, 1.54) is 0 Å². The summed E-state index contributed by atoms with van der Waals surface area (Å²) in [6, 6.07) is 0. The van der Waals surface area contributed by atoms with Gasteiger partial charge in [-0.05, 0) is 50.7 Å². The Kier molecular flexibility index (Phi) is 64.0. The fourth-order valence-electron chi connectivity index (χ4n) is 0.661. The molecule has 0 aromatic carbocycles. The van der Waals surface area contributed by atoms with E-state index in [4.69, 9.17) is 10.2 Å². The van der Waals surface area contributed by atoms with Crippen LogP contribution in [0.2, 0.25) is 0 Å². The number of carboxylic acid groups (broad SMARTS) is 2. The molecule has 0 aromatic heterocycles. The van der Waals surface area contributed by atoms with Crippen LogP contribution in [0.4, 0.5) is 0 Å². The van der Waals surface area contributed by atoms with E-state index in [0.717, 1.165) is 25.7 Å². The summed E-state index contributed by atoms with van der Waals surface area (Å²) in [5.74, 6) is -1.22. The number of carbonyl (C=O) groups is 2. The standard InChI is InChI=1S/2C4H6O2.2C2H6S.2Ag.2Au.2ClH/c2*5-4(6)3-1-2-3;2*1-3-2;;;;;;/h2*3H,1-2H2,(H,5,6);2*1-2H3;;;;;2*1H/q;;;;;+1;;+1;;/p-2. The normalized spacial score (nSPS) is 12.4. The second-order valence-corrected chi connectivity index (χ2v) is 5.67. The third-order valence-electron chi connectivity index (χ3n) is 1.85. The average molecular weight is 977 g/mol. The number of rotatable bonds is 2. The molecule has 0 aromatic rings. The Morgan fingerprint density at radius 3 is 1.00 bits per heavy atom. The van der Waals surface area contributed by atoms with Crippen LogP contribution < -0.4 is 0 Å². The van der Waals surface area contributed by atoms with Gasteiger partial charge in [0, 0.05) is 44.8 Å². The van der Waals surface area contributed by atoms with Gasteiger partial charge in [0.15, 0.2) is 0 Å². The van der Waals surface area contributed by atoms with Crippen LogP contribution in [-0.4, -0.2) is 47.2 Å². The van der Waals surface area contributed by atoms with Gasteiger partial charge in [-0.1, -0.05) is 0 Å². The molecule has 0 heterocycles. The Morgan fingerprint density at radius 2 is 1.00 bits per heavy atom. The van der Waals surface area contributed by atoms with Gasteiger partial charge in [0.25, 0.3) is 0 Å². The second kappa shape index (κ2) is 37.0. The molecule has 4 nitrogen and oxygen atoms in total. The molecular formula is C12H24Ag2Au2Cl2O4S2. The van der Waals surface area contributed by atoms with Gasteiger partial charge in [-0.15, -0.1) is 0 Å². The Labute approximate surface area is 218 Å². The number of hydrogen-bond acceptors (Lipinski definition) is 4. The quantitative estimate of drug-likeness (QED) is 0.403. The van der Waals surface area contributed by atoms with Gasteiger partial charge in [-0.3, -0.25) is 9.59 Å². The first kappa shape index (κ1) is 41.5. The Bertz CT molecular complexity index is 231. The summed E-state index contributed by atoms with van der Waals surface area (Å²) in [4.78, 5) is 19.5. The van der Waals surface area contributed by atoms with E-state index in [2.05, 4.69) is 38.4 Å². The molecule has 0 amide bonds. The van der Waals surface area contributed by atoms with E-state index < -0.39 is 11.9 Å². The molecule has 2 fully saturated rings. The Hall–Kier alpha value is 3.18. The van der Waals surface area contributed by atoms with Crippen LogP contribution in [0.15, 0.2) is 0 Å². The van der Waals surface area contributed by atoms with Crippen molar-refractivity contribution in [1.29, 1.82) is 0 Å². The van der Waals surface area contributed by atoms with Gasteiger partial charge >= 0.3 is 70.3 Å². The van der Waals surface area contributed by atoms with Crippen molar-refractivity contribution in [3.63, 3.8) is 0 Å². The Balaban J connectivity index is -0.0000000427. The topological polar surface area (TPSA) is 74.6 Å². The molecule has 2 rings (SSSR count). The fourth-order valence-corrected chi connectivity index (χ4v) is 0.661. The zero-order chi connectivity index (χ0) is 18.6. The van der Waals surface area contributed by atoms with Crippen LogP contribution in [0.5, 0.6) is 0 Å². The average Bonchev–Trinajstić information content (AvgIpc) is 3.38. The molecular weight excluding hydrogens is 953 g/mol. The number of thioether (sulfide) groups is 2. The van der Waals surface area contributed by atoms with E-state index in [0.29, 0.717) is 0 Å². The molecule has 0 atom stereocenters. The minimum absolute atomic E-state index is 0. The third-order valence-corrected chi connectivity index (χ3v) is 1.85. The van der Waals surface area contributed by atoms with Crippen molar-refractivity contribution in [2.24, 2.45) is 11.8 Å².